The van der Waals surface area contributed by atoms with Crippen molar-refractivity contribution < 1.29 is 40.3 Å². The summed E-state index contributed by atoms with van der Waals surface area (Å²) in [5.41, 5.74) is 0. The van der Waals surface area contributed by atoms with Gasteiger partial charge in [0.05, 0.1) is 6.61 Å². The lowest BCUT2D eigenvalue weighted by molar-refractivity contribution is -0.348. The zero-order valence-corrected chi connectivity index (χ0v) is 9.74. The van der Waals surface area contributed by atoms with Gasteiger partial charge in [-0.3, -0.25) is 0 Å². The Morgan fingerprint density at radius 3 is 2.00 bits per heavy atom. The molecule has 0 saturated carbocycles. The van der Waals surface area contributed by atoms with Gasteiger partial charge in [-0.1, -0.05) is 19.1 Å². The van der Waals surface area contributed by atoms with Crippen molar-refractivity contribution in [3.05, 3.63) is 12.2 Å². The molecule has 0 spiro atoms. The minimum atomic E-state index is -6.54. The van der Waals surface area contributed by atoms with Gasteiger partial charge >= 0.3 is 24.0 Å². The van der Waals surface area contributed by atoms with Crippen molar-refractivity contribution in [1.82, 2.24) is 0 Å². The van der Waals surface area contributed by atoms with Crippen molar-refractivity contribution in [3.8, 4) is 0 Å². The number of hydrogen-bond donors (Lipinski definition) is 0. The van der Waals surface area contributed by atoms with E-state index < -0.39 is 30.6 Å². The van der Waals surface area contributed by atoms with Gasteiger partial charge < -0.3 is 4.74 Å². The molecule has 0 saturated heterocycles. The Hall–Kier alpha value is -1.28. The number of alkyl halides is 7. The SMILES string of the molecule is CC/C=C/CCOC(=O)C(F)(F)C(F)(F)C(F)(F)F. The summed E-state index contributed by atoms with van der Waals surface area (Å²) in [6.45, 7) is 1.04. The Morgan fingerprint density at radius 2 is 1.58 bits per heavy atom. The van der Waals surface area contributed by atoms with Crippen LogP contribution in [0, 0.1) is 0 Å². The zero-order valence-electron chi connectivity index (χ0n) is 9.74. The zero-order chi connectivity index (χ0) is 15.3. The second-order valence-electron chi connectivity index (χ2n) is 3.45. The molecule has 2 nitrogen and oxygen atoms in total. The van der Waals surface area contributed by atoms with Crippen LogP contribution in [0.2, 0.25) is 0 Å². The Morgan fingerprint density at radius 1 is 1.05 bits per heavy atom. The van der Waals surface area contributed by atoms with Crippen LogP contribution in [-0.2, 0) is 9.53 Å². The molecule has 0 rings (SSSR count). The van der Waals surface area contributed by atoms with Crippen LogP contribution >= 0.6 is 0 Å². The smallest absolute Gasteiger partial charge is 0.460 e. The first kappa shape index (κ1) is 17.7. The number of carbonyl (C=O) groups excluding carboxylic acids is 1. The third kappa shape index (κ3) is 4.10. The van der Waals surface area contributed by atoms with Crippen LogP contribution in [0.4, 0.5) is 30.7 Å². The fourth-order valence-corrected chi connectivity index (χ4v) is 0.901. The minimum Gasteiger partial charge on any atom is -0.461 e. The molecule has 0 aromatic carbocycles. The first-order chi connectivity index (χ1) is 8.48. The summed E-state index contributed by atoms with van der Waals surface area (Å²) in [7, 11) is 0. The number of carbonyl (C=O) groups is 1. The molecule has 0 aliphatic rings. The molecule has 0 aliphatic heterocycles. The third-order valence-electron chi connectivity index (χ3n) is 1.93. The fourth-order valence-electron chi connectivity index (χ4n) is 0.901. The van der Waals surface area contributed by atoms with Crippen molar-refractivity contribution in [2.24, 2.45) is 0 Å². The minimum absolute atomic E-state index is 0.0623. The lowest BCUT2D eigenvalue weighted by Crippen LogP contribution is -2.56. The van der Waals surface area contributed by atoms with Crippen LogP contribution in [0.15, 0.2) is 12.2 Å². The monoisotopic (exact) mass is 296 g/mol. The van der Waals surface area contributed by atoms with Crippen LogP contribution in [0.5, 0.6) is 0 Å². The van der Waals surface area contributed by atoms with Crippen LogP contribution in [0.1, 0.15) is 19.8 Å². The van der Waals surface area contributed by atoms with Gasteiger partial charge in [-0.05, 0) is 12.8 Å². The number of hydrogen-bond acceptors (Lipinski definition) is 2. The quantitative estimate of drug-likeness (QED) is 0.323. The number of rotatable bonds is 6. The summed E-state index contributed by atoms with van der Waals surface area (Å²) in [6.07, 6.45) is -3.01. The second kappa shape index (κ2) is 6.25. The molecule has 0 heterocycles. The van der Waals surface area contributed by atoms with Gasteiger partial charge in [0.25, 0.3) is 0 Å². The van der Waals surface area contributed by atoms with Gasteiger partial charge in [0, 0.05) is 0 Å². The number of allylic oxidation sites excluding steroid dienone is 1. The first-order valence-corrected chi connectivity index (χ1v) is 5.13. The summed E-state index contributed by atoms with van der Waals surface area (Å²) < 4.78 is 89.1. The summed E-state index contributed by atoms with van der Waals surface area (Å²) in [5.74, 6) is -15.3. The maximum atomic E-state index is 12.7. The van der Waals surface area contributed by atoms with E-state index in [9.17, 15) is 35.5 Å². The summed E-state index contributed by atoms with van der Waals surface area (Å²) >= 11 is 0. The van der Waals surface area contributed by atoms with Crippen molar-refractivity contribution in [2.45, 2.75) is 37.8 Å². The van der Waals surface area contributed by atoms with E-state index >= 15 is 0 Å². The average Bonchev–Trinajstić information content (AvgIpc) is 2.26. The molecule has 19 heavy (non-hydrogen) atoms. The van der Waals surface area contributed by atoms with E-state index in [1.54, 1.807) is 13.0 Å². The standard InChI is InChI=1S/C10H11F7O2/c1-2-3-4-5-6-19-7(18)8(11,12)9(13,14)10(15,16)17/h3-4H,2,5-6H2,1H3/b4-3+. The molecule has 112 valence electrons. The first-order valence-electron chi connectivity index (χ1n) is 5.13. The van der Waals surface area contributed by atoms with E-state index in [0.717, 1.165) is 0 Å². The lowest BCUT2D eigenvalue weighted by Gasteiger charge is -2.26. The topological polar surface area (TPSA) is 26.3 Å². The number of esters is 1. The van der Waals surface area contributed by atoms with Crippen molar-refractivity contribution in [2.75, 3.05) is 6.61 Å². The van der Waals surface area contributed by atoms with E-state index in [2.05, 4.69) is 4.74 Å². The highest BCUT2D eigenvalue weighted by atomic mass is 19.4. The molecule has 0 aromatic heterocycles. The van der Waals surface area contributed by atoms with Gasteiger partial charge in [0.2, 0.25) is 0 Å². The number of halogens is 7. The van der Waals surface area contributed by atoms with Crippen molar-refractivity contribution in [1.29, 1.82) is 0 Å². The molecule has 9 heteroatoms. The fraction of sp³-hybridized carbons (Fsp3) is 0.700. The lowest BCUT2D eigenvalue weighted by atomic mass is 10.1. The molecular formula is C10H11F7O2. The maximum Gasteiger partial charge on any atom is 0.460 e. The summed E-state index contributed by atoms with van der Waals surface area (Å²) in [6, 6.07) is 0. The molecule has 0 atom stereocenters. The van der Waals surface area contributed by atoms with Crippen LogP contribution in [0.3, 0.4) is 0 Å². The predicted molar refractivity (Wildman–Crippen MR) is 51.0 cm³/mol. The highest BCUT2D eigenvalue weighted by molar-refractivity contribution is 5.79. The Kier molecular flexibility index (Phi) is 5.83. The Balaban J connectivity index is 4.65. The highest BCUT2D eigenvalue weighted by Crippen LogP contribution is 2.46. The molecule has 0 fully saturated rings. The van der Waals surface area contributed by atoms with Gasteiger partial charge in [-0.15, -0.1) is 0 Å². The summed E-state index contributed by atoms with van der Waals surface area (Å²) in [5, 5.41) is 0. The largest absolute Gasteiger partial charge is 0.461 e. The van der Waals surface area contributed by atoms with Gasteiger partial charge in [-0.2, -0.15) is 30.7 Å². The molecule has 0 bridgehead atoms. The third-order valence-corrected chi connectivity index (χ3v) is 1.93. The maximum absolute atomic E-state index is 12.7. The molecule has 0 amide bonds. The van der Waals surface area contributed by atoms with E-state index in [0.29, 0.717) is 6.42 Å². The summed E-state index contributed by atoms with van der Waals surface area (Å²) in [4.78, 5) is 10.6. The van der Waals surface area contributed by atoms with Gasteiger partial charge in [0.15, 0.2) is 0 Å². The predicted octanol–water partition coefficient (Wildman–Crippen LogP) is 3.72. The second-order valence-corrected chi connectivity index (χ2v) is 3.45. The van der Waals surface area contributed by atoms with E-state index in [1.165, 1.54) is 6.08 Å². The number of ether oxygens (including phenoxy) is 1. The normalized spacial score (nSPS) is 13.9. The van der Waals surface area contributed by atoms with E-state index in [1.807, 2.05) is 0 Å². The molecule has 0 radical (unpaired) electrons. The molecule has 0 unspecified atom stereocenters. The van der Waals surface area contributed by atoms with Crippen molar-refractivity contribution >= 4 is 5.97 Å². The molecule has 0 aliphatic carbocycles. The molecular weight excluding hydrogens is 285 g/mol. The Labute approximate surface area is 104 Å². The molecule has 0 N–H and O–H groups in total. The van der Waals surface area contributed by atoms with Gasteiger partial charge in [0.1, 0.15) is 0 Å². The van der Waals surface area contributed by atoms with Gasteiger partial charge in [-0.25, -0.2) is 4.79 Å². The van der Waals surface area contributed by atoms with Crippen LogP contribution in [0.25, 0.3) is 0 Å². The van der Waals surface area contributed by atoms with Crippen LogP contribution < -0.4 is 0 Å². The highest BCUT2D eigenvalue weighted by Gasteiger charge is 2.77. The Bertz CT molecular complexity index is 333. The van der Waals surface area contributed by atoms with E-state index in [4.69, 9.17) is 0 Å². The van der Waals surface area contributed by atoms with E-state index in [-0.39, 0.29) is 6.42 Å². The molecule has 0 aromatic rings. The van der Waals surface area contributed by atoms with Crippen molar-refractivity contribution in [3.63, 3.8) is 0 Å². The average molecular weight is 296 g/mol. The van der Waals surface area contributed by atoms with Crippen LogP contribution in [-0.4, -0.2) is 30.6 Å².